The molecule has 0 fully saturated rings. The Hall–Kier alpha value is -1.78. The zero-order valence-corrected chi connectivity index (χ0v) is 13.1. The lowest BCUT2D eigenvalue weighted by Crippen LogP contribution is -2.19. The van der Waals surface area contributed by atoms with Crippen LogP contribution in [0.25, 0.3) is 10.9 Å². The molecule has 1 heterocycles. The lowest BCUT2D eigenvalue weighted by atomic mass is 9.95. The fourth-order valence-corrected chi connectivity index (χ4v) is 2.97. The minimum Gasteiger partial charge on any atom is -0.309 e. The van der Waals surface area contributed by atoms with E-state index in [2.05, 4.69) is 26.2 Å². The molecule has 1 atom stereocenters. The van der Waals surface area contributed by atoms with Crippen LogP contribution < -0.4 is 5.32 Å². The molecule has 0 radical (unpaired) electrons. The van der Waals surface area contributed by atoms with Gasteiger partial charge in [-0.15, -0.1) is 0 Å². The summed E-state index contributed by atoms with van der Waals surface area (Å²) in [5, 5.41) is 4.23. The molecule has 4 heteroatoms. The van der Waals surface area contributed by atoms with Crippen molar-refractivity contribution in [3.05, 3.63) is 76.1 Å². The maximum absolute atomic E-state index is 14.4. The van der Waals surface area contributed by atoms with E-state index in [9.17, 15) is 4.39 Å². The minimum absolute atomic E-state index is 0.226. The Balaban J connectivity index is 2.21. The van der Waals surface area contributed by atoms with Crippen LogP contribution in [0.3, 0.4) is 0 Å². The molecule has 0 bridgehead atoms. The second kappa shape index (κ2) is 5.92. The minimum atomic E-state index is -0.238. The number of hydrogen-bond acceptors (Lipinski definition) is 2. The normalized spacial score (nSPS) is 12.5. The van der Waals surface area contributed by atoms with Gasteiger partial charge in [0.25, 0.3) is 0 Å². The van der Waals surface area contributed by atoms with Gasteiger partial charge in [-0.1, -0.05) is 30.3 Å². The van der Waals surface area contributed by atoms with E-state index >= 15 is 0 Å². The summed E-state index contributed by atoms with van der Waals surface area (Å²) >= 11 is 3.25. The molecule has 0 saturated heterocycles. The van der Waals surface area contributed by atoms with Crippen LogP contribution in [0.1, 0.15) is 17.2 Å². The highest BCUT2D eigenvalue weighted by molar-refractivity contribution is 9.10. The fourth-order valence-electron chi connectivity index (χ4n) is 2.59. The smallest absolute Gasteiger partial charge is 0.142 e. The second-order valence-corrected chi connectivity index (χ2v) is 5.64. The molecule has 1 unspecified atom stereocenters. The predicted molar refractivity (Wildman–Crippen MR) is 86.7 cm³/mol. The third kappa shape index (κ3) is 2.57. The predicted octanol–water partition coefficient (Wildman–Crippen LogP) is 4.45. The molecule has 3 rings (SSSR count). The molecule has 0 saturated carbocycles. The van der Waals surface area contributed by atoms with Gasteiger partial charge in [-0.25, -0.2) is 4.39 Å². The van der Waals surface area contributed by atoms with Crippen LogP contribution in [0.4, 0.5) is 4.39 Å². The van der Waals surface area contributed by atoms with Crippen molar-refractivity contribution in [3.8, 4) is 0 Å². The first-order chi connectivity index (χ1) is 10.2. The Labute approximate surface area is 131 Å². The van der Waals surface area contributed by atoms with E-state index in [1.54, 1.807) is 18.3 Å². The molecule has 0 aliphatic carbocycles. The monoisotopic (exact) mass is 344 g/mol. The van der Waals surface area contributed by atoms with Crippen LogP contribution in [0.2, 0.25) is 0 Å². The molecule has 2 aromatic carbocycles. The summed E-state index contributed by atoms with van der Waals surface area (Å²) in [7, 11) is 1.83. The van der Waals surface area contributed by atoms with Crippen molar-refractivity contribution in [3.63, 3.8) is 0 Å². The molecule has 0 aliphatic rings. The Morgan fingerprint density at radius 3 is 2.67 bits per heavy atom. The number of fused-ring (bicyclic) bond motifs is 1. The van der Waals surface area contributed by atoms with Gasteiger partial charge in [0, 0.05) is 17.1 Å². The maximum atomic E-state index is 14.4. The average Bonchev–Trinajstić information content (AvgIpc) is 2.52. The number of hydrogen-bond donors (Lipinski definition) is 1. The molecule has 0 amide bonds. The van der Waals surface area contributed by atoms with Crippen LogP contribution in [0.5, 0.6) is 0 Å². The Bertz CT molecular complexity index is 783. The zero-order chi connectivity index (χ0) is 14.8. The first kappa shape index (κ1) is 14.2. The fraction of sp³-hybridized carbons (Fsp3) is 0.118. The van der Waals surface area contributed by atoms with Crippen molar-refractivity contribution in [1.29, 1.82) is 0 Å². The molecule has 21 heavy (non-hydrogen) atoms. The van der Waals surface area contributed by atoms with Crippen molar-refractivity contribution in [2.24, 2.45) is 0 Å². The van der Waals surface area contributed by atoms with Gasteiger partial charge in [-0.05, 0) is 46.7 Å². The topological polar surface area (TPSA) is 24.9 Å². The molecule has 0 spiro atoms. The van der Waals surface area contributed by atoms with E-state index in [-0.39, 0.29) is 11.9 Å². The molecule has 106 valence electrons. The van der Waals surface area contributed by atoms with Crippen LogP contribution in [-0.2, 0) is 0 Å². The number of aromatic nitrogens is 1. The summed E-state index contributed by atoms with van der Waals surface area (Å²) in [6, 6.07) is 15.0. The number of pyridine rings is 1. The lowest BCUT2D eigenvalue weighted by Gasteiger charge is -2.20. The van der Waals surface area contributed by atoms with Crippen LogP contribution >= 0.6 is 15.9 Å². The SMILES string of the molecule is CNC(c1cccc(Br)c1F)c1ccnc2ccccc12. The van der Waals surface area contributed by atoms with Gasteiger partial charge in [0.15, 0.2) is 0 Å². The van der Waals surface area contributed by atoms with Gasteiger partial charge in [0.2, 0.25) is 0 Å². The quantitative estimate of drug-likeness (QED) is 0.759. The van der Waals surface area contributed by atoms with Gasteiger partial charge in [0.05, 0.1) is 16.0 Å². The first-order valence-corrected chi connectivity index (χ1v) is 7.46. The maximum Gasteiger partial charge on any atom is 0.142 e. The van der Waals surface area contributed by atoms with Crippen LogP contribution in [0.15, 0.2) is 59.2 Å². The lowest BCUT2D eigenvalue weighted by molar-refractivity contribution is 0.572. The van der Waals surface area contributed by atoms with E-state index in [0.29, 0.717) is 10.0 Å². The molecule has 3 aromatic rings. The van der Waals surface area contributed by atoms with Gasteiger partial charge < -0.3 is 5.32 Å². The van der Waals surface area contributed by atoms with E-state index in [0.717, 1.165) is 16.5 Å². The summed E-state index contributed by atoms with van der Waals surface area (Å²) < 4.78 is 14.9. The largest absolute Gasteiger partial charge is 0.309 e. The third-order valence-corrected chi connectivity index (χ3v) is 4.19. The third-order valence-electron chi connectivity index (χ3n) is 3.57. The van der Waals surface area contributed by atoms with E-state index in [4.69, 9.17) is 0 Å². The number of nitrogens with one attached hydrogen (secondary N) is 1. The summed E-state index contributed by atoms with van der Waals surface area (Å²) in [6.07, 6.45) is 1.76. The molecular formula is C17H14BrFN2. The Morgan fingerprint density at radius 1 is 1.05 bits per heavy atom. The van der Waals surface area contributed by atoms with Crippen molar-refractivity contribution < 1.29 is 4.39 Å². The van der Waals surface area contributed by atoms with Crippen molar-refractivity contribution in [2.45, 2.75) is 6.04 Å². The van der Waals surface area contributed by atoms with Crippen LogP contribution in [-0.4, -0.2) is 12.0 Å². The van der Waals surface area contributed by atoms with Gasteiger partial charge >= 0.3 is 0 Å². The molecule has 0 aliphatic heterocycles. The summed E-state index contributed by atoms with van der Waals surface area (Å²) in [5.74, 6) is -0.238. The summed E-state index contributed by atoms with van der Waals surface area (Å²) in [5.41, 5.74) is 2.54. The van der Waals surface area contributed by atoms with Gasteiger partial charge in [0.1, 0.15) is 5.82 Å². The highest BCUT2D eigenvalue weighted by atomic mass is 79.9. The van der Waals surface area contributed by atoms with Gasteiger partial charge in [-0.3, -0.25) is 4.98 Å². The number of para-hydroxylation sites is 1. The number of halogens is 2. The standard InChI is InChI=1S/C17H14BrFN2/c1-20-17(13-6-4-7-14(18)16(13)19)12-9-10-21-15-8-3-2-5-11(12)15/h2-10,17,20H,1H3. The summed E-state index contributed by atoms with van der Waals surface area (Å²) in [4.78, 5) is 4.36. The highest BCUT2D eigenvalue weighted by Gasteiger charge is 2.19. The zero-order valence-electron chi connectivity index (χ0n) is 11.5. The second-order valence-electron chi connectivity index (χ2n) is 4.78. The van der Waals surface area contributed by atoms with Crippen molar-refractivity contribution >= 4 is 26.8 Å². The van der Waals surface area contributed by atoms with Crippen molar-refractivity contribution in [1.82, 2.24) is 10.3 Å². The Morgan fingerprint density at radius 2 is 1.86 bits per heavy atom. The molecule has 1 aromatic heterocycles. The number of nitrogens with zero attached hydrogens (tertiary/aromatic N) is 1. The first-order valence-electron chi connectivity index (χ1n) is 6.67. The van der Waals surface area contributed by atoms with E-state index in [1.165, 1.54) is 0 Å². The van der Waals surface area contributed by atoms with Gasteiger partial charge in [-0.2, -0.15) is 0 Å². The molecule has 2 nitrogen and oxygen atoms in total. The van der Waals surface area contributed by atoms with Crippen molar-refractivity contribution in [2.75, 3.05) is 7.05 Å². The summed E-state index contributed by atoms with van der Waals surface area (Å²) in [6.45, 7) is 0. The van der Waals surface area contributed by atoms with E-state index < -0.39 is 0 Å². The van der Waals surface area contributed by atoms with E-state index in [1.807, 2.05) is 43.4 Å². The molecular weight excluding hydrogens is 331 g/mol. The number of rotatable bonds is 3. The molecule has 1 N–H and O–H groups in total. The van der Waals surface area contributed by atoms with Crippen LogP contribution in [0, 0.1) is 5.82 Å². The number of benzene rings is 2. The Kier molecular flexibility index (Phi) is 3.99. The average molecular weight is 345 g/mol. The highest BCUT2D eigenvalue weighted by Crippen LogP contribution is 2.31.